The first-order valence-corrected chi connectivity index (χ1v) is 10.0. The number of piperidine rings is 1. The maximum absolute atomic E-state index is 9.67. The van der Waals surface area contributed by atoms with Crippen molar-refractivity contribution in [2.24, 2.45) is 0 Å². The highest BCUT2D eigenvalue weighted by molar-refractivity contribution is 5.94. The molecule has 0 aliphatic carbocycles. The third-order valence-corrected chi connectivity index (χ3v) is 5.93. The zero-order chi connectivity index (χ0) is 20.7. The van der Waals surface area contributed by atoms with Gasteiger partial charge in [-0.05, 0) is 36.6 Å². The summed E-state index contributed by atoms with van der Waals surface area (Å²) in [6.07, 6.45) is 1.65. The Balaban J connectivity index is 1.45. The predicted molar refractivity (Wildman–Crippen MR) is 112 cm³/mol. The molecule has 0 spiro atoms. The van der Waals surface area contributed by atoms with Gasteiger partial charge in [0.2, 0.25) is 23.4 Å². The fourth-order valence-electron chi connectivity index (χ4n) is 4.09. The summed E-state index contributed by atoms with van der Waals surface area (Å²) in [7, 11) is 0. The van der Waals surface area contributed by atoms with Gasteiger partial charge in [-0.1, -0.05) is 48.5 Å². The van der Waals surface area contributed by atoms with Gasteiger partial charge in [-0.3, -0.25) is 0 Å². The molecule has 1 saturated heterocycles. The molecule has 0 unspecified atom stereocenters. The molecule has 1 fully saturated rings. The maximum atomic E-state index is 9.67. The average Bonchev–Trinajstić information content (AvgIpc) is 3.41. The molecule has 0 bridgehead atoms. The van der Waals surface area contributed by atoms with E-state index >= 15 is 0 Å². The summed E-state index contributed by atoms with van der Waals surface area (Å²) < 4.78 is 11.6. The number of nitrogens with zero attached hydrogens (tertiary/aromatic N) is 5. The quantitative estimate of drug-likeness (QED) is 0.496. The maximum Gasteiger partial charge on any atom is 0.235 e. The van der Waals surface area contributed by atoms with Gasteiger partial charge in [0.25, 0.3) is 0 Å². The number of anilines is 1. The number of oxazole rings is 1. The standard InChI is InChI=1S/C23H21N5O2/c1-15-25-22(30-27-15)23(2)10-12-28(13-11-23)21-19(14-24)26-20(29-21)18-9-5-7-16-6-3-4-8-17(16)18/h3-9H,10-13H2,1-2H3. The summed E-state index contributed by atoms with van der Waals surface area (Å²) in [6, 6.07) is 16.3. The first-order chi connectivity index (χ1) is 14.6. The number of aromatic nitrogens is 3. The molecule has 0 saturated carbocycles. The minimum Gasteiger partial charge on any atom is -0.419 e. The highest BCUT2D eigenvalue weighted by Gasteiger charge is 2.38. The molecule has 0 radical (unpaired) electrons. The monoisotopic (exact) mass is 399 g/mol. The lowest BCUT2D eigenvalue weighted by Crippen LogP contribution is -2.41. The van der Waals surface area contributed by atoms with E-state index in [4.69, 9.17) is 8.94 Å². The lowest BCUT2D eigenvalue weighted by Gasteiger charge is -2.36. The zero-order valence-electron chi connectivity index (χ0n) is 16.9. The number of benzene rings is 2. The van der Waals surface area contributed by atoms with E-state index in [9.17, 15) is 5.26 Å². The Morgan fingerprint density at radius 1 is 1.07 bits per heavy atom. The van der Waals surface area contributed by atoms with E-state index in [1.807, 2.05) is 37.3 Å². The topological polar surface area (TPSA) is 92.0 Å². The highest BCUT2D eigenvalue weighted by atomic mass is 16.5. The molecule has 1 aliphatic heterocycles. The van der Waals surface area contributed by atoms with Crippen molar-refractivity contribution in [1.82, 2.24) is 15.1 Å². The van der Waals surface area contributed by atoms with E-state index in [1.165, 1.54) is 0 Å². The van der Waals surface area contributed by atoms with Gasteiger partial charge in [-0.15, -0.1) is 0 Å². The summed E-state index contributed by atoms with van der Waals surface area (Å²) in [5, 5.41) is 15.8. The summed E-state index contributed by atoms with van der Waals surface area (Å²) in [5.74, 6) is 2.33. The number of hydrogen-bond donors (Lipinski definition) is 0. The fourth-order valence-corrected chi connectivity index (χ4v) is 4.09. The van der Waals surface area contributed by atoms with Crippen molar-refractivity contribution < 1.29 is 8.94 Å². The van der Waals surface area contributed by atoms with Crippen molar-refractivity contribution in [3.8, 4) is 17.5 Å². The molecule has 3 heterocycles. The van der Waals surface area contributed by atoms with E-state index in [-0.39, 0.29) is 5.41 Å². The molecule has 7 heteroatoms. The Bertz CT molecular complexity index is 1250. The van der Waals surface area contributed by atoms with Crippen molar-refractivity contribution in [3.63, 3.8) is 0 Å². The number of nitriles is 1. The van der Waals surface area contributed by atoms with Crippen LogP contribution in [0.25, 0.3) is 22.2 Å². The molecule has 30 heavy (non-hydrogen) atoms. The molecule has 2 aromatic carbocycles. The number of fused-ring (bicyclic) bond motifs is 1. The van der Waals surface area contributed by atoms with Gasteiger partial charge in [-0.2, -0.15) is 15.2 Å². The number of aryl methyl sites for hydroxylation is 1. The van der Waals surface area contributed by atoms with Gasteiger partial charge in [0.05, 0.1) is 5.41 Å². The number of rotatable bonds is 3. The van der Waals surface area contributed by atoms with E-state index in [0.29, 0.717) is 29.2 Å². The molecule has 1 aliphatic rings. The fraction of sp³-hybridized carbons (Fsp3) is 0.304. The first-order valence-electron chi connectivity index (χ1n) is 10.0. The summed E-state index contributed by atoms with van der Waals surface area (Å²) in [6.45, 7) is 5.41. The molecule has 4 aromatic rings. The van der Waals surface area contributed by atoms with Gasteiger partial charge in [0, 0.05) is 18.7 Å². The van der Waals surface area contributed by atoms with E-state index in [2.05, 4.69) is 45.2 Å². The molecule has 0 N–H and O–H groups in total. The second-order valence-electron chi connectivity index (χ2n) is 8.01. The normalized spacial score (nSPS) is 16.0. The SMILES string of the molecule is Cc1noc(C2(C)CCN(c3oc(-c4cccc5ccccc45)nc3C#N)CC2)n1. The Labute approximate surface area is 173 Å². The lowest BCUT2D eigenvalue weighted by atomic mass is 9.80. The second kappa shape index (κ2) is 6.99. The molecule has 2 aromatic heterocycles. The smallest absolute Gasteiger partial charge is 0.235 e. The van der Waals surface area contributed by atoms with Crippen molar-refractivity contribution in [2.75, 3.05) is 18.0 Å². The third kappa shape index (κ3) is 3.01. The van der Waals surface area contributed by atoms with Gasteiger partial charge in [0.1, 0.15) is 6.07 Å². The highest BCUT2D eigenvalue weighted by Crippen LogP contribution is 2.38. The average molecular weight is 399 g/mol. The minimum absolute atomic E-state index is 0.178. The largest absolute Gasteiger partial charge is 0.419 e. The van der Waals surface area contributed by atoms with Crippen LogP contribution in [0.4, 0.5) is 5.88 Å². The van der Waals surface area contributed by atoms with Gasteiger partial charge in [-0.25, -0.2) is 0 Å². The molecule has 5 rings (SSSR count). The molecule has 0 amide bonds. The van der Waals surface area contributed by atoms with Gasteiger partial charge in [0.15, 0.2) is 5.82 Å². The van der Waals surface area contributed by atoms with Crippen LogP contribution < -0.4 is 4.90 Å². The van der Waals surface area contributed by atoms with Crippen LogP contribution in [-0.4, -0.2) is 28.2 Å². The van der Waals surface area contributed by atoms with Crippen LogP contribution in [0, 0.1) is 18.3 Å². The van der Waals surface area contributed by atoms with Crippen LogP contribution in [0.5, 0.6) is 0 Å². The minimum atomic E-state index is -0.178. The Kier molecular flexibility index (Phi) is 4.28. The zero-order valence-corrected chi connectivity index (χ0v) is 16.9. The summed E-state index contributed by atoms with van der Waals surface area (Å²) >= 11 is 0. The van der Waals surface area contributed by atoms with Crippen LogP contribution in [0.1, 0.15) is 37.2 Å². The van der Waals surface area contributed by atoms with E-state index in [0.717, 1.165) is 42.3 Å². The second-order valence-corrected chi connectivity index (χ2v) is 8.01. The molecular formula is C23H21N5O2. The van der Waals surface area contributed by atoms with Crippen LogP contribution in [0.3, 0.4) is 0 Å². The van der Waals surface area contributed by atoms with Gasteiger partial charge >= 0.3 is 0 Å². The van der Waals surface area contributed by atoms with E-state index in [1.54, 1.807) is 0 Å². The Hall–Kier alpha value is -3.66. The van der Waals surface area contributed by atoms with Crippen molar-refractivity contribution in [1.29, 1.82) is 5.26 Å². The molecule has 150 valence electrons. The molecule has 0 atom stereocenters. The molecule has 7 nitrogen and oxygen atoms in total. The van der Waals surface area contributed by atoms with Gasteiger partial charge < -0.3 is 13.8 Å². The first kappa shape index (κ1) is 18.4. The van der Waals surface area contributed by atoms with Crippen molar-refractivity contribution in [2.45, 2.75) is 32.1 Å². The summed E-state index contributed by atoms with van der Waals surface area (Å²) in [4.78, 5) is 11.0. The summed E-state index contributed by atoms with van der Waals surface area (Å²) in [5.41, 5.74) is 1.03. The molecular weight excluding hydrogens is 378 g/mol. The Morgan fingerprint density at radius 3 is 2.57 bits per heavy atom. The van der Waals surface area contributed by atoms with Crippen LogP contribution >= 0.6 is 0 Å². The van der Waals surface area contributed by atoms with Crippen LogP contribution in [0.15, 0.2) is 51.4 Å². The van der Waals surface area contributed by atoms with Crippen molar-refractivity contribution in [3.05, 3.63) is 59.9 Å². The van der Waals surface area contributed by atoms with Crippen molar-refractivity contribution >= 4 is 16.7 Å². The Morgan fingerprint density at radius 2 is 1.83 bits per heavy atom. The predicted octanol–water partition coefficient (Wildman–Crippen LogP) is 4.62. The van der Waals surface area contributed by atoms with Crippen LogP contribution in [-0.2, 0) is 5.41 Å². The number of hydrogen-bond acceptors (Lipinski definition) is 7. The van der Waals surface area contributed by atoms with E-state index < -0.39 is 0 Å². The van der Waals surface area contributed by atoms with Crippen LogP contribution in [0.2, 0.25) is 0 Å². The lowest BCUT2D eigenvalue weighted by molar-refractivity contribution is 0.249. The third-order valence-electron chi connectivity index (χ3n) is 5.93.